The van der Waals surface area contributed by atoms with E-state index in [2.05, 4.69) is 0 Å². The number of halogens is 1. The Morgan fingerprint density at radius 3 is 2.17 bits per heavy atom. The molecule has 1 N–H and O–H groups in total. The van der Waals surface area contributed by atoms with Crippen LogP contribution < -0.4 is 9.47 Å². The second-order valence-corrected chi connectivity index (χ2v) is 3.96. The van der Waals surface area contributed by atoms with Crippen LogP contribution in [0.5, 0.6) is 17.2 Å². The Morgan fingerprint density at radius 1 is 0.889 bits per heavy atom. The van der Waals surface area contributed by atoms with E-state index in [1.807, 2.05) is 24.3 Å². The van der Waals surface area contributed by atoms with E-state index in [-0.39, 0.29) is 13.2 Å². The fraction of sp³-hybridized carbons (Fsp3) is 0.143. The molecule has 4 heteroatoms. The third kappa shape index (κ3) is 3.15. The van der Waals surface area contributed by atoms with Crippen LogP contribution in [0.1, 0.15) is 0 Å². The van der Waals surface area contributed by atoms with Crippen LogP contribution in [-0.4, -0.2) is 18.3 Å². The van der Waals surface area contributed by atoms with Crippen LogP contribution in [0.2, 0.25) is 5.02 Å². The Kier molecular flexibility index (Phi) is 4.45. The van der Waals surface area contributed by atoms with Crippen molar-refractivity contribution in [1.82, 2.24) is 0 Å². The molecule has 0 aliphatic rings. The van der Waals surface area contributed by atoms with Gasteiger partial charge in [0, 0.05) is 0 Å². The van der Waals surface area contributed by atoms with Gasteiger partial charge in [0.1, 0.15) is 12.4 Å². The number of hydrogen-bond acceptors (Lipinski definition) is 3. The molecule has 0 bridgehead atoms. The van der Waals surface area contributed by atoms with Crippen LogP contribution in [0, 0.1) is 0 Å². The molecule has 0 aromatic heterocycles. The molecule has 2 aromatic carbocycles. The summed E-state index contributed by atoms with van der Waals surface area (Å²) in [7, 11) is 0. The number of ether oxygens (including phenoxy) is 2. The Balaban J connectivity index is 2.21. The van der Waals surface area contributed by atoms with E-state index in [0.717, 1.165) is 0 Å². The van der Waals surface area contributed by atoms with Crippen molar-refractivity contribution in [2.24, 2.45) is 0 Å². The minimum atomic E-state index is -0.0412. The molecule has 0 heterocycles. The van der Waals surface area contributed by atoms with Gasteiger partial charge in [0.2, 0.25) is 0 Å². The van der Waals surface area contributed by atoms with Crippen LogP contribution in [0.15, 0.2) is 48.5 Å². The van der Waals surface area contributed by atoms with Gasteiger partial charge in [-0.2, -0.15) is 0 Å². The number of rotatable bonds is 5. The van der Waals surface area contributed by atoms with Crippen LogP contribution in [-0.2, 0) is 0 Å². The normalized spacial score (nSPS) is 10.1. The lowest BCUT2D eigenvalue weighted by Gasteiger charge is -2.12. The van der Waals surface area contributed by atoms with E-state index < -0.39 is 0 Å². The smallest absolute Gasteiger partial charge is 0.169 e. The third-order valence-electron chi connectivity index (χ3n) is 2.25. The summed E-state index contributed by atoms with van der Waals surface area (Å²) >= 11 is 6.03. The molecule has 0 amide bonds. The van der Waals surface area contributed by atoms with Crippen molar-refractivity contribution in [2.75, 3.05) is 13.2 Å². The molecule has 2 rings (SSSR count). The van der Waals surface area contributed by atoms with Gasteiger partial charge in [-0.1, -0.05) is 35.9 Å². The summed E-state index contributed by atoms with van der Waals surface area (Å²) in [6, 6.07) is 14.5. The van der Waals surface area contributed by atoms with E-state index >= 15 is 0 Å². The predicted octanol–water partition coefficient (Wildman–Crippen LogP) is 3.50. The fourth-order valence-electron chi connectivity index (χ4n) is 1.46. The molecule has 2 aromatic rings. The summed E-state index contributed by atoms with van der Waals surface area (Å²) in [6.07, 6.45) is 0. The molecule has 0 radical (unpaired) electrons. The number of aliphatic hydroxyl groups excluding tert-OH is 1. The van der Waals surface area contributed by atoms with Gasteiger partial charge >= 0.3 is 0 Å². The monoisotopic (exact) mass is 264 g/mol. The molecular weight excluding hydrogens is 252 g/mol. The average molecular weight is 265 g/mol. The molecule has 0 fully saturated rings. The molecule has 0 unspecified atom stereocenters. The van der Waals surface area contributed by atoms with Crippen molar-refractivity contribution >= 4 is 11.6 Å². The first-order chi connectivity index (χ1) is 8.81. The summed E-state index contributed by atoms with van der Waals surface area (Å²) in [6.45, 7) is 0.184. The van der Waals surface area contributed by atoms with Gasteiger partial charge in [-0.3, -0.25) is 0 Å². The SMILES string of the molecule is OCCOc1ccccc1Oc1ccccc1Cl. The highest BCUT2D eigenvalue weighted by Gasteiger charge is 2.07. The Bertz CT molecular complexity index is 514. The molecule has 0 atom stereocenters. The number of aliphatic hydroxyl groups is 1. The van der Waals surface area contributed by atoms with E-state index in [9.17, 15) is 0 Å². The zero-order valence-electron chi connectivity index (χ0n) is 9.67. The lowest BCUT2D eigenvalue weighted by Crippen LogP contribution is -2.02. The van der Waals surface area contributed by atoms with Gasteiger partial charge in [0.25, 0.3) is 0 Å². The average Bonchev–Trinajstić information content (AvgIpc) is 2.40. The number of hydrogen-bond donors (Lipinski definition) is 1. The van der Waals surface area contributed by atoms with Gasteiger partial charge in [0.05, 0.1) is 11.6 Å². The van der Waals surface area contributed by atoms with Crippen LogP contribution in [0.3, 0.4) is 0 Å². The summed E-state index contributed by atoms with van der Waals surface area (Å²) in [4.78, 5) is 0. The lowest BCUT2D eigenvalue weighted by molar-refractivity contribution is 0.198. The molecular formula is C14H13ClO3. The van der Waals surface area contributed by atoms with Crippen molar-refractivity contribution in [3.8, 4) is 17.2 Å². The van der Waals surface area contributed by atoms with Crippen LogP contribution in [0.4, 0.5) is 0 Å². The molecule has 0 saturated carbocycles. The van der Waals surface area contributed by atoms with Crippen molar-refractivity contribution in [3.63, 3.8) is 0 Å². The van der Waals surface area contributed by atoms with Crippen molar-refractivity contribution in [2.45, 2.75) is 0 Å². The maximum atomic E-state index is 8.77. The second-order valence-electron chi connectivity index (χ2n) is 3.55. The van der Waals surface area contributed by atoms with Gasteiger partial charge in [-0.05, 0) is 24.3 Å². The van der Waals surface area contributed by atoms with Gasteiger partial charge in [-0.15, -0.1) is 0 Å². The Hall–Kier alpha value is -1.71. The first kappa shape index (κ1) is 12.7. The van der Waals surface area contributed by atoms with Crippen molar-refractivity contribution in [3.05, 3.63) is 53.6 Å². The molecule has 18 heavy (non-hydrogen) atoms. The van der Waals surface area contributed by atoms with E-state index in [0.29, 0.717) is 22.3 Å². The van der Waals surface area contributed by atoms with Gasteiger partial charge < -0.3 is 14.6 Å². The highest BCUT2D eigenvalue weighted by atomic mass is 35.5. The van der Waals surface area contributed by atoms with E-state index in [1.54, 1.807) is 24.3 Å². The Labute approximate surface area is 111 Å². The summed E-state index contributed by atoms with van der Waals surface area (Å²) in [5.41, 5.74) is 0. The molecule has 3 nitrogen and oxygen atoms in total. The summed E-state index contributed by atoms with van der Waals surface area (Å²) in [5.74, 6) is 1.71. The topological polar surface area (TPSA) is 38.7 Å². The first-order valence-corrected chi connectivity index (χ1v) is 5.94. The second kappa shape index (κ2) is 6.28. The highest BCUT2D eigenvalue weighted by Crippen LogP contribution is 2.34. The zero-order valence-corrected chi connectivity index (χ0v) is 10.4. The predicted molar refractivity (Wildman–Crippen MR) is 70.5 cm³/mol. The van der Waals surface area contributed by atoms with Crippen LogP contribution >= 0.6 is 11.6 Å². The maximum absolute atomic E-state index is 8.77. The molecule has 0 saturated heterocycles. The number of para-hydroxylation sites is 3. The summed E-state index contributed by atoms with van der Waals surface area (Å²) < 4.78 is 11.1. The number of benzene rings is 2. The van der Waals surface area contributed by atoms with Crippen LogP contribution in [0.25, 0.3) is 0 Å². The van der Waals surface area contributed by atoms with Crippen molar-refractivity contribution in [1.29, 1.82) is 0 Å². The Morgan fingerprint density at radius 2 is 1.50 bits per heavy atom. The first-order valence-electron chi connectivity index (χ1n) is 5.56. The maximum Gasteiger partial charge on any atom is 0.169 e. The largest absolute Gasteiger partial charge is 0.487 e. The lowest BCUT2D eigenvalue weighted by atomic mass is 10.3. The van der Waals surface area contributed by atoms with Gasteiger partial charge in [0.15, 0.2) is 11.5 Å². The quantitative estimate of drug-likeness (QED) is 0.898. The minimum Gasteiger partial charge on any atom is -0.487 e. The highest BCUT2D eigenvalue weighted by molar-refractivity contribution is 6.32. The molecule has 0 aliphatic carbocycles. The van der Waals surface area contributed by atoms with Gasteiger partial charge in [-0.25, -0.2) is 0 Å². The molecule has 0 spiro atoms. The minimum absolute atomic E-state index is 0.0412. The zero-order chi connectivity index (χ0) is 12.8. The molecule has 0 aliphatic heterocycles. The standard InChI is InChI=1S/C14H13ClO3/c15-11-5-1-2-6-12(11)18-14-8-4-3-7-13(14)17-10-9-16/h1-8,16H,9-10H2. The molecule has 94 valence electrons. The summed E-state index contributed by atoms with van der Waals surface area (Å²) in [5, 5.41) is 9.30. The van der Waals surface area contributed by atoms with E-state index in [4.69, 9.17) is 26.2 Å². The fourth-order valence-corrected chi connectivity index (χ4v) is 1.63. The van der Waals surface area contributed by atoms with Crippen molar-refractivity contribution < 1.29 is 14.6 Å². The van der Waals surface area contributed by atoms with E-state index in [1.165, 1.54) is 0 Å². The third-order valence-corrected chi connectivity index (χ3v) is 2.57.